The van der Waals surface area contributed by atoms with Gasteiger partial charge in [0.05, 0.1) is 11.6 Å². The first-order chi connectivity index (χ1) is 20.9. The maximum Gasteiger partial charge on any atom is 0.303 e. The first kappa shape index (κ1) is 31.9. The minimum atomic E-state index is -0.929. The molecule has 44 heavy (non-hydrogen) atoms. The van der Waals surface area contributed by atoms with E-state index in [9.17, 15) is 29.4 Å². The molecule has 10 heteroatoms. The number of aliphatic imine (C=N–C) groups is 1. The number of hydrogen-bond acceptors (Lipinski definition) is 4. The molecule has 0 aromatic carbocycles. The van der Waals surface area contributed by atoms with Gasteiger partial charge in [0.15, 0.2) is 0 Å². The smallest absolute Gasteiger partial charge is 0.303 e. The Morgan fingerprint density at radius 1 is 0.864 bits per heavy atom. The molecular formula is C34H38N4O6. The predicted octanol–water partition coefficient (Wildman–Crippen LogP) is 3.53. The number of allylic oxidation sites excluding steroid dienone is 4. The summed E-state index contributed by atoms with van der Waals surface area (Å²) in [6, 6.07) is 0. The topological polar surface area (TPSA) is 165 Å². The molecule has 0 spiro atoms. The lowest BCUT2D eigenvalue weighted by molar-refractivity contribution is -0.138. The molecule has 1 atom stereocenters. The van der Waals surface area contributed by atoms with E-state index in [0.717, 1.165) is 39.1 Å². The summed E-state index contributed by atoms with van der Waals surface area (Å²) < 4.78 is 0. The van der Waals surface area contributed by atoms with Crippen molar-refractivity contribution < 1.29 is 29.4 Å². The third-order valence-electron chi connectivity index (χ3n) is 8.25. The minimum Gasteiger partial charge on any atom is -0.481 e. The summed E-state index contributed by atoms with van der Waals surface area (Å²) >= 11 is 0. The second-order valence-electron chi connectivity index (χ2n) is 11.0. The largest absolute Gasteiger partial charge is 0.481 e. The molecular weight excluding hydrogens is 560 g/mol. The zero-order valence-electron chi connectivity index (χ0n) is 25.8. The van der Waals surface area contributed by atoms with Gasteiger partial charge in [0, 0.05) is 46.2 Å². The summed E-state index contributed by atoms with van der Waals surface area (Å²) in [6.45, 7) is 11.2. The molecule has 230 valence electrons. The molecule has 1 fully saturated rings. The van der Waals surface area contributed by atoms with E-state index in [1.54, 1.807) is 18.2 Å². The van der Waals surface area contributed by atoms with Crippen molar-refractivity contribution in [3.05, 3.63) is 85.0 Å². The van der Waals surface area contributed by atoms with Crippen molar-refractivity contribution in [2.75, 3.05) is 0 Å². The normalized spacial score (nSPS) is 19.8. The Balaban J connectivity index is 1.91. The summed E-state index contributed by atoms with van der Waals surface area (Å²) in [5, 5.41) is 23.2. The van der Waals surface area contributed by atoms with Crippen LogP contribution in [0, 0.1) is 19.8 Å². The molecule has 0 bridgehead atoms. The van der Waals surface area contributed by atoms with Crippen LogP contribution in [0.15, 0.2) is 45.6 Å². The Labute approximate surface area is 255 Å². The molecule has 4 heterocycles. The Kier molecular flexibility index (Phi) is 9.52. The van der Waals surface area contributed by atoms with Gasteiger partial charge in [-0.1, -0.05) is 18.2 Å². The van der Waals surface area contributed by atoms with E-state index in [1.807, 2.05) is 59.8 Å². The molecule has 0 aliphatic carbocycles. The molecule has 0 radical (unpaired) electrons. The second-order valence-corrected chi connectivity index (χ2v) is 11.0. The SMILES string of the molecule is C/C=C/C1=C(C)C(/C=c2/[nH]/c(=C\c3[nH]c(/C=C4\NC(=O)C(C)\C4=C/C)c(C)c3CCC(=O)O)c(CCC(=O)O)c2C)=NC1=O. The lowest BCUT2D eigenvalue weighted by atomic mass is 10.00. The third kappa shape index (κ3) is 6.49. The van der Waals surface area contributed by atoms with Gasteiger partial charge in [-0.3, -0.25) is 19.2 Å². The van der Waals surface area contributed by atoms with Crippen LogP contribution in [0.4, 0.5) is 0 Å². The molecule has 1 unspecified atom stereocenters. The molecule has 2 aliphatic heterocycles. The van der Waals surface area contributed by atoms with Gasteiger partial charge in [-0.25, -0.2) is 4.99 Å². The lowest BCUT2D eigenvalue weighted by Gasteiger charge is -2.03. The van der Waals surface area contributed by atoms with Crippen molar-refractivity contribution in [3.8, 4) is 0 Å². The highest BCUT2D eigenvalue weighted by molar-refractivity contribution is 6.31. The van der Waals surface area contributed by atoms with Crippen LogP contribution in [0.1, 0.15) is 74.2 Å². The highest BCUT2D eigenvalue weighted by atomic mass is 16.4. The van der Waals surface area contributed by atoms with Gasteiger partial charge < -0.3 is 25.5 Å². The number of nitrogens with one attached hydrogen (secondary N) is 3. The molecule has 4 rings (SSSR count). The summed E-state index contributed by atoms with van der Waals surface area (Å²) in [6.07, 6.45) is 11.3. The number of rotatable bonds is 10. The van der Waals surface area contributed by atoms with Crippen LogP contribution in [0.3, 0.4) is 0 Å². The molecule has 2 amide bonds. The van der Waals surface area contributed by atoms with E-state index < -0.39 is 11.9 Å². The van der Waals surface area contributed by atoms with E-state index >= 15 is 0 Å². The van der Waals surface area contributed by atoms with Gasteiger partial charge in [0.2, 0.25) is 5.91 Å². The standard InChI is InChI=1S/C34H38N4O6/c1-7-9-24-19(5)27(37-34(24)44)14-25-17(3)22(10-12-31(39)40)29(35-25)16-30-23(11-13-32(41)42)18(4)26(36-30)15-28-21(8-2)20(6)33(43)38-28/h7-9,14-16,20,35-36H,10-13H2,1-6H3,(H,38,43)(H,39,40)(H,41,42)/b9-7+,21-8+,25-14+,28-15-,29-16-. The second kappa shape index (κ2) is 13.1. The Morgan fingerprint density at radius 3 is 2.14 bits per heavy atom. The number of aromatic nitrogens is 2. The maximum atomic E-state index is 12.5. The van der Waals surface area contributed by atoms with Gasteiger partial charge in [0.1, 0.15) is 0 Å². The maximum absolute atomic E-state index is 12.5. The highest BCUT2D eigenvalue weighted by Crippen LogP contribution is 2.29. The van der Waals surface area contributed by atoms with E-state index in [1.165, 1.54) is 0 Å². The van der Waals surface area contributed by atoms with Gasteiger partial charge in [0.25, 0.3) is 5.91 Å². The molecule has 2 aromatic heterocycles. The number of amides is 2. The Hall–Kier alpha value is -4.99. The average Bonchev–Trinajstić information content (AvgIpc) is 3.60. The number of aromatic amines is 2. The Morgan fingerprint density at radius 2 is 1.52 bits per heavy atom. The number of carbonyl (C=O) groups is 4. The lowest BCUT2D eigenvalue weighted by Crippen LogP contribution is -2.16. The number of hydrogen-bond donors (Lipinski definition) is 5. The molecule has 2 aliphatic rings. The van der Waals surface area contributed by atoms with Crippen molar-refractivity contribution in [2.24, 2.45) is 10.9 Å². The fraction of sp³-hybridized carbons (Fsp3) is 0.324. The van der Waals surface area contributed by atoms with Crippen molar-refractivity contribution in [3.63, 3.8) is 0 Å². The van der Waals surface area contributed by atoms with Crippen molar-refractivity contribution in [1.82, 2.24) is 15.3 Å². The molecule has 1 saturated heterocycles. The predicted molar refractivity (Wildman–Crippen MR) is 169 cm³/mol. The number of carboxylic acid groups (broad SMARTS) is 2. The van der Waals surface area contributed by atoms with Crippen LogP contribution in [-0.2, 0) is 32.0 Å². The minimum absolute atomic E-state index is 0.0773. The molecule has 10 nitrogen and oxygen atoms in total. The zero-order chi connectivity index (χ0) is 32.3. The van der Waals surface area contributed by atoms with Gasteiger partial charge in [-0.05, 0) is 106 Å². The number of carboxylic acids is 2. The van der Waals surface area contributed by atoms with Crippen LogP contribution in [0.25, 0.3) is 18.2 Å². The fourth-order valence-electron chi connectivity index (χ4n) is 5.69. The van der Waals surface area contributed by atoms with Crippen molar-refractivity contribution in [2.45, 2.75) is 67.2 Å². The first-order valence-electron chi connectivity index (χ1n) is 14.6. The van der Waals surface area contributed by atoms with Gasteiger partial charge in [-0.15, -0.1) is 0 Å². The van der Waals surface area contributed by atoms with E-state index in [2.05, 4.69) is 20.3 Å². The fourth-order valence-corrected chi connectivity index (χ4v) is 5.69. The van der Waals surface area contributed by atoms with Crippen LogP contribution in [-0.4, -0.2) is 49.6 Å². The third-order valence-corrected chi connectivity index (χ3v) is 8.25. The molecule has 5 N–H and O–H groups in total. The highest BCUT2D eigenvalue weighted by Gasteiger charge is 2.29. The summed E-state index contributed by atoms with van der Waals surface area (Å²) in [4.78, 5) is 58.9. The van der Waals surface area contributed by atoms with E-state index in [0.29, 0.717) is 33.4 Å². The summed E-state index contributed by atoms with van der Waals surface area (Å²) in [5.41, 5.74) is 8.08. The summed E-state index contributed by atoms with van der Waals surface area (Å²) in [7, 11) is 0. The quantitative estimate of drug-likeness (QED) is 0.281. The van der Waals surface area contributed by atoms with Gasteiger partial charge in [-0.2, -0.15) is 0 Å². The molecule has 2 aromatic rings. The summed E-state index contributed by atoms with van der Waals surface area (Å²) in [5.74, 6) is -2.53. The zero-order valence-corrected chi connectivity index (χ0v) is 25.8. The van der Waals surface area contributed by atoms with Crippen LogP contribution in [0.2, 0.25) is 0 Å². The number of H-pyrrole nitrogens is 2. The van der Waals surface area contributed by atoms with Gasteiger partial charge >= 0.3 is 11.9 Å². The molecule has 0 saturated carbocycles. The number of carbonyl (C=O) groups excluding carboxylic acids is 2. The van der Waals surface area contributed by atoms with E-state index in [4.69, 9.17) is 0 Å². The van der Waals surface area contributed by atoms with Crippen LogP contribution >= 0.6 is 0 Å². The number of nitrogens with zero attached hydrogens (tertiary/aromatic N) is 1. The van der Waals surface area contributed by atoms with Crippen molar-refractivity contribution >= 4 is 47.7 Å². The van der Waals surface area contributed by atoms with E-state index in [-0.39, 0.29) is 43.4 Å². The Bertz CT molecular complexity index is 1840. The van der Waals surface area contributed by atoms with Crippen molar-refractivity contribution in [1.29, 1.82) is 0 Å². The van der Waals surface area contributed by atoms with Crippen LogP contribution < -0.4 is 16.0 Å². The average molecular weight is 599 g/mol. The first-order valence-corrected chi connectivity index (χ1v) is 14.6. The monoisotopic (exact) mass is 598 g/mol. The number of aliphatic carboxylic acids is 2. The van der Waals surface area contributed by atoms with Crippen LogP contribution in [0.5, 0.6) is 0 Å².